The van der Waals surface area contributed by atoms with Gasteiger partial charge in [0.05, 0.1) is 24.5 Å². The number of fused-ring (bicyclic) bond motifs is 1. The molecule has 0 bridgehead atoms. The Morgan fingerprint density at radius 2 is 1.95 bits per heavy atom. The fraction of sp³-hybridized carbons (Fsp3) is 0.235. The highest BCUT2D eigenvalue weighted by atomic mass is 16.5. The molecule has 2 aromatic heterocycles. The molecule has 0 radical (unpaired) electrons. The van der Waals surface area contributed by atoms with Crippen LogP contribution in [0.15, 0.2) is 48.7 Å². The summed E-state index contributed by atoms with van der Waals surface area (Å²) in [5, 5.41) is 3.43. The van der Waals surface area contributed by atoms with E-state index in [-0.39, 0.29) is 0 Å². The van der Waals surface area contributed by atoms with Crippen LogP contribution in [0.2, 0.25) is 0 Å². The van der Waals surface area contributed by atoms with Gasteiger partial charge in [-0.05, 0) is 50.2 Å². The molecule has 0 saturated heterocycles. The van der Waals surface area contributed by atoms with Gasteiger partial charge in [0.2, 0.25) is 0 Å². The van der Waals surface area contributed by atoms with E-state index in [1.54, 1.807) is 0 Å². The lowest BCUT2D eigenvalue weighted by atomic mass is 10.3. The maximum atomic E-state index is 5.45. The minimum atomic E-state index is 0.688. The Balaban J connectivity index is 1.75. The average molecular weight is 281 g/mol. The Kier molecular flexibility index (Phi) is 3.77. The van der Waals surface area contributed by atoms with Gasteiger partial charge in [0.1, 0.15) is 11.4 Å². The van der Waals surface area contributed by atoms with E-state index >= 15 is 0 Å². The van der Waals surface area contributed by atoms with E-state index in [1.807, 2.05) is 62.5 Å². The number of ether oxygens (including phenoxy) is 1. The molecule has 0 aliphatic rings. The summed E-state index contributed by atoms with van der Waals surface area (Å²) in [5.41, 5.74) is 4.29. The number of rotatable bonds is 5. The highest BCUT2D eigenvalue weighted by Crippen LogP contribution is 2.18. The van der Waals surface area contributed by atoms with Crippen molar-refractivity contribution in [3.63, 3.8) is 0 Å². The highest BCUT2D eigenvalue weighted by molar-refractivity contribution is 5.48. The molecule has 108 valence electrons. The summed E-state index contributed by atoms with van der Waals surface area (Å²) in [6.45, 7) is 5.46. The molecule has 3 aromatic rings. The maximum Gasteiger partial charge on any atom is 0.137 e. The molecule has 1 N–H and O–H groups in total. The van der Waals surface area contributed by atoms with E-state index in [1.165, 1.54) is 5.69 Å². The summed E-state index contributed by atoms with van der Waals surface area (Å²) in [6, 6.07) is 14.1. The van der Waals surface area contributed by atoms with Gasteiger partial charge in [-0.1, -0.05) is 6.07 Å². The molecule has 4 heteroatoms. The zero-order valence-electron chi connectivity index (χ0n) is 12.3. The third kappa shape index (κ3) is 2.84. The monoisotopic (exact) mass is 281 g/mol. The molecule has 1 aromatic carbocycles. The number of pyridine rings is 1. The third-order valence-corrected chi connectivity index (χ3v) is 3.45. The molecule has 0 spiro atoms. The van der Waals surface area contributed by atoms with Gasteiger partial charge in [0.15, 0.2) is 0 Å². The van der Waals surface area contributed by atoms with Crippen molar-refractivity contribution in [1.82, 2.24) is 9.38 Å². The Labute approximate surface area is 124 Å². The van der Waals surface area contributed by atoms with Gasteiger partial charge in [-0.3, -0.25) is 0 Å². The summed E-state index contributed by atoms with van der Waals surface area (Å²) >= 11 is 0. The van der Waals surface area contributed by atoms with E-state index in [4.69, 9.17) is 4.74 Å². The SMILES string of the molecule is CCOc1ccc(NCc2c(C)nc3ccccn23)cc1. The van der Waals surface area contributed by atoms with Crippen LogP contribution in [0.3, 0.4) is 0 Å². The highest BCUT2D eigenvalue weighted by Gasteiger charge is 2.07. The molecule has 0 fully saturated rings. The van der Waals surface area contributed by atoms with Crippen molar-refractivity contribution in [3.05, 3.63) is 60.0 Å². The van der Waals surface area contributed by atoms with Crippen molar-refractivity contribution in [1.29, 1.82) is 0 Å². The van der Waals surface area contributed by atoms with Crippen molar-refractivity contribution >= 4 is 11.3 Å². The number of hydrogen-bond acceptors (Lipinski definition) is 3. The zero-order chi connectivity index (χ0) is 14.7. The second-order valence-electron chi connectivity index (χ2n) is 4.88. The van der Waals surface area contributed by atoms with Crippen LogP contribution in [0.1, 0.15) is 18.3 Å². The smallest absolute Gasteiger partial charge is 0.137 e. The molecule has 3 rings (SSSR count). The molecule has 0 aliphatic heterocycles. The number of imidazole rings is 1. The van der Waals surface area contributed by atoms with Crippen LogP contribution in [0.4, 0.5) is 5.69 Å². The van der Waals surface area contributed by atoms with E-state index in [0.717, 1.165) is 29.3 Å². The Hall–Kier alpha value is -2.49. The number of anilines is 1. The number of nitrogens with one attached hydrogen (secondary N) is 1. The molecule has 0 saturated carbocycles. The van der Waals surface area contributed by atoms with Gasteiger partial charge in [-0.2, -0.15) is 0 Å². The van der Waals surface area contributed by atoms with Crippen molar-refractivity contribution in [2.75, 3.05) is 11.9 Å². The molecule has 0 aliphatic carbocycles. The van der Waals surface area contributed by atoms with E-state index < -0.39 is 0 Å². The number of hydrogen-bond donors (Lipinski definition) is 1. The van der Waals surface area contributed by atoms with Gasteiger partial charge >= 0.3 is 0 Å². The summed E-state index contributed by atoms with van der Waals surface area (Å²) in [4.78, 5) is 4.57. The minimum Gasteiger partial charge on any atom is -0.494 e. The Morgan fingerprint density at radius 1 is 1.14 bits per heavy atom. The van der Waals surface area contributed by atoms with Crippen LogP contribution < -0.4 is 10.1 Å². The summed E-state index contributed by atoms with van der Waals surface area (Å²) < 4.78 is 7.57. The first-order chi connectivity index (χ1) is 10.3. The number of nitrogens with zero attached hydrogens (tertiary/aromatic N) is 2. The maximum absolute atomic E-state index is 5.45. The van der Waals surface area contributed by atoms with Crippen molar-refractivity contribution < 1.29 is 4.74 Å². The minimum absolute atomic E-state index is 0.688. The Bertz CT molecular complexity index is 731. The lowest BCUT2D eigenvalue weighted by Crippen LogP contribution is -2.04. The molecule has 21 heavy (non-hydrogen) atoms. The predicted molar refractivity (Wildman–Crippen MR) is 84.9 cm³/mol. The molecule has 0 atom stereocenters. The van der Waals surface area contributed by atoms with Gasteiger partial charge in [0.25, 0.3) is 0 Å². The first-order valence-corrected chi connectivity index (χ1v) is 7.17. The lowest BCUT2D eigenvalue weighted by Gasteiger charge is -2.08. The third-order valence-electron chi connectivity index (χ3n) is 3.45. The molecule has 0 amide bonds. The largest absolute Gasteiger partial charge is 0.494 e. The lowest BCUT2D eigenvalue weighted by molar-refractivity contribution is 0.340. The Morgan fingerprint density at radius 3 is 2.71 bits per heavy atom. The normalized spacial score (nSPS) is 10.8. The summed E-state index contributed by atoms with van der Waals surface area (Å²) in [7, 11) is 0. The van der Waals surface area contributed by atoms with Gasteiger partial charge in [-0.15, -0.1) is 0 Å². The number of benzene rings is 1. The second kappa shape index (κ2) is 5.87. The summed E-state index contributed by atoms with van der Waals surface area (Å²) in [5.74, 6) is 0.897. The van der Waals surface area contributed by atoms with Crippen molar-refractivity contribution in [2.24, 2.45) is 0 Å². The van der Waals surface area contributed by atoms with E-state index in [0.29, 0.717) is 6.61 Å². The predicted octanol–water partition coefficient (Wildman–Crippen LogP) is 3.65. The number of aromatic nitrogens is 2. The standard InChI is InChI=1S/C17H19N3O/c1-3-21-15-9-7-14(8-10-15)18-12-16-13(2)19-17-6-4-5-11-20(16)17/h4-11,18H,3,12H2,1-2H3. The van der Waals surface area contributed by atoms with E-state index in [2.05, 4.69) is 14.7 Å². The molecule has 4 nitrogen and oxygen atoms in total. The summed E-state index contributed by atoms with van der Waals surface area (Å²) in [6.07, 6.45) is 2.05. The number of aryl methyl sites for hydroxylation is 1. The molecule has 0 unspecified atom stereocenters. The quantitative estimate of drug-likeness (QED) is 0.775. The molecule has 2 heterocycles. The van der Waals surface area contributed by atoms with Crippen LogP contribution >= 0.6 is 0 Å². The van der Waals surface area contributed by atoms with Crippen molar-refractivity contribution in [2.45, 2.75) is 20.4 Å². The fourth-order valence-electron chi connectivity index (χ4n) is 2.40. The van der Waals surface area contributed by atoms with Crippen LogP contribution in [0, 0.1) is 6.92 Å². The first-order valence-electron chi connectivity index (χ1n) is 7.17. The first kappa shape index (κ1) is 13.5. The van der Waals surface area contributed by atoms with Gasteiger partial charge in [-0.25, -0.2) is 4.98 Å². The van der Waals surface area contributed by atoms with E-state index in [9.17, 15) is 0 Å². The average Bonchev–Trinajstić information content (AvgIpc) is 2.82. The molecular formula is C17H19N3O. The van der Waals surface area contributed by atoms with Gasteiger partial charge in [0, 0.05) is 11.9 Å². The zero-order valence-corrected chi connectivity index (χ0v) is 12.3. The molecular weight excluding hydrogens is 262 g/mol. The second-order valence-corrected chi connectivity index (χ2v) is 4.88. The van der Waals surface area contributed by atoms with Crippen molar-refractivity contribution in [3.8, 4) is 5.75 Å². The van der Waals surface area contributed by atoms with Gasteiger partial charge < -0.3 is 14.5 Å². The van der Waals surface area contributed by atoms with Crippen LogP contribution in [-0.4, -0.2) is 16.0 Å². The fourth-order valence-corrected chi connectivity index (χ4v) is 2.40. The van der Waals surface area contributed by atoms with Crippen LogP contribution in [0.25, 0.3) is 5.65 Å². The topological polar surface area (TPSA) is 38.6 Å². The van der Waals surface area contributed by atoms with Crippen LogP contribution in [-0.2, 0) is 6.54 Å². The van der Waals surface area contributed by atoms with Crippen LogP contribution in [0.5, 0.6) is 5.75 Å².